The van der Waals surface area contributed by atoms with E-state index in [0.717, 1.165) is 33.9 Å². The van der Waals surface area contributed by atoms with Crippen LogP contribution in [0.3, 0.4) is 0 Å². The number of aromatic nitrogens is 1. The normalized spacial score (nSPS) is 11.9. The number of anilines is 2. The molecule has 0 aliphatic heterocycles. The Kier molecular flexibility index (Phi) is 3.24. The standard InChI is InChI=1S/C13H19N3S/c1-4-13(3,5-2)16-12-15-10-7-6-9(14)8-11(10)17-12/h6-8H,4-5,14H2,1-3H3,(H,15,16). The van der Waals surface area contributed by atoms with Crippen molar-refractivity contribution in [2.45, 2.75) is 39.2 Å². The summed E-state index contributed by atoms with van der Waals surface area (Å²) in [5.41, 5.74) is 7.70. The van der Waals surface area contributed by atoms with Gasteiger partial charge >= 0.3 is 0 Å². The van der Waals surface area contributed by atoms with Crippen LogP contribution in [-0.4, -0.2) is 10.5 Å². The number of benzene rings is 1. The number of hydrogen-bond acceptors (Lipinski definition) is 4. The van der Waals surface area contributed by atoms with Crippen LogP contribution in [0, 0.1) is 0 Å². The van der Waals surface area contributed by atoms with Crippen LogP contribution in [0.15, 0.2) is 18.2 Å². The lowest BCUT2D eigenvalue weighted by molar-refractivity contribution is 0.478. The molecule has 1 heterocycles. The molecule has 0 bridgehead atoms. The van der Waals surface area contributed by atoms with Crippen molar-refractivity contribution in [3.63, 3.8) is 0 Å². The minimum atomic E-state index is 0.124. The summed E-state index contributed by atoms with van der Waals surface area (Å²) in [4.78, 5) is 4.59. The molecule has 17 heavy (non-hydrogen) atoms. The fourth-order valence-corrected chi connectivity index (χ4v) is 2.74. The quantitative estimate of drug-likeness (QED) is 0.809. The van der Waals surface area contributed by atoms with Gasteiger partial charge in [-0.25, -0.2) is 4.98 Å². The van der Waals surface area contributed by atoms with E-state index in [2.05, 4.69) is 31.1 Å². The van der Waals surface area contributed by atoms with Crippen LogP contribution in [0.2, 0.25) is 0 Å². The van der Waals surface area contributed by atoms with Gasteiger partial charge in [-0.05, 0) is 38.0 Å². The lowest BCUT2D eigenvalue weighted by Gasteiger charge is -2.27. The van der Waals surface area contributed by atoms with Gasteiger partial charge in [0, 0.05) is 11.2 Å². The van der Waals surface area contributed by atoms with E-state index < -0.39 is 0 Å². The molecular weight excluding hydrogens is 230 g/mol. The highest BCUT2D eigenvalue weighted by molar-refractivity contribution is 7.22. The highest BCUT2D eigenvalue weighted by atomic mass is 32.1. The first-order valence-corrected chi connectivity index (χ1v) is 6.82. The molecule has 0 spiro atoms. The van der Waals surface area contributed by atoms with Crippen LogP contribution >= 0.6 is 11.3 Å². The number of thiazole rings is 1. The Morgan fingerprint density at radius 1 is 1.35 bits per heavy atom. The summed E-state index contributed by atoms with van der Waals surface area (Å²) in [6.07, 6.45) is 2.17. The van der Waals surface area contributed by atoms with E-state index in [-0.39, 0.29) is 5.54 Å². The first-order valence-electron chi connectivity index (χ1n) is 6.00. The number of hydrogen-bond donors (Lipinski definition) is 2. The molecule has 1 aromatic carbocycles. The summed E-state index contributed by atoms with van der Waals surface area (Å²) >= 11 is 1.67. The Hall–Kier alpha value is -1.29. The first-order chi connectivity index (χ1) is 8.06. The fraction of sp³-hybridized carbons (Fsp3) is 0.462. The third kappa shape index (κ3) is 2.52. The molecule has 2 rings (SSSR count). The average Bonchev–Trinajstić information content (AvgIpc) is 2.70. The van der Waals surface area contributed by atoms with Crippen LogP contribution in [-0.2, 0) is 0 Å². The predicted octanol–water partition coefficient (Wildman–Crippen LogP) is 3.87. The third-order valence-electron chi connectivity index (χ3n) is 3.38. The van der Waals surface area contributed by atoms with Gasteiger partial charge < -0.3 is 11.1 Å². The number of fused-ring (bicyclic) bond motifs is 1. The molecule has 0 saturated carbocycles. The molecule has 4 heteroatoms. The zero-order chi connectivity index (χ0) is 12.5. The van der Waals surface area contributed by atoms with Crippen molar-refractivity contribution >= 4 is 32.4 Å². The van der Waals surface area contributed by atoms with Crippen molar-refractivity contribution in [1.29, 1.82) is 0 Å². The highest BCUT2D eigenvalue weighted by Crippen LogP contribution is 2.30. The molecule has 1 aromatic heterocycles. The molecule has 0 unspecified atom stereocenters. The van der Waals surface area contributed by atoms with E-state index in [1.54, 1.807) is 11.3 Å². The molecule has 0 amide bonds. The lowest BCUT2D eigenvalue weighted by atomic mass is 9.96. The monoisotopic (exact) mass is 249 g/mol. The van der Waals surface area contributed by atoms with Crippen LogP contribution < -0.4 is 11.1 Å². The van der Waals surface area contributed by atoms with Gasteiger partial charge in [-0.3, -0.25) is 0 Å². The first kappa shape index (κ1) is 12.2. The van der Waals surface area contributed by atoms with Gasteiger partial charge in [-0.1, -0.05) is 25.2 Å². The van der Waals surface area contributed by atoms with Gasteiger partial charge in [0.25, 0.3) is 0 Å². The summed E-state index contributed by atoms with van der Waals surface area (Å²) in [6, 6.07) is 5.85. The third-order valence-corrected chi connectivity index (χ3v) is 4.32. The van der Waals surface area contributed by atoms with Crippen LogP contribution in [0.5, 0.6) is 0 Å². The maximum Gasteiger partial charge on any atom is 0.184 e. The van der Waals surface area contributed by atoms with E-state index in [9.17, 15) is 0 Å². The van der Waals surface area contributed by atoms with E-state index in [1.165, 1.54) is 0 Å². The zero-order valence-electron chi connectivity index (χ0n) is 10.6. The molecule has 0 radical (unpaired) electrons. The predicted molar refractivity (Wildman–Crippen MR) is 76.6 cm³/mol. The summed E-state index contributed by atoms with van der Waals surface area (Å²) in [6.45, 7) is 6.62. The van der Waals surface area contributed by atoms with Crippen molar-refractivity contribution < 1.29 is 0 Å². The average molecular weight is 249 g/mol. The van der Waals surface area contributed by atoms with E-state index >= 15 is 0 Å². The minimum absolute atomic E-state index is 0.124. The SMILES string of the molecule is CCC(C)(CC)Nc1nc2ccc(N)cc2s1. The summed E-state index contributed by atoms with van der Waals surface area (Å²) < 4.78 is 1.14. The molecule has 0 aliphatic carbocycles. The topological polar surface area (TPSA) is 50.9 Å². The van der Waals surface area contributed by atoms with Gasteiger partial charge in [0.05, 0.1) is 10.2 Å². The molecule has 0 aliphatic rings. The van der Waals surface area contributed by atoms with Crippen LogP contribution in [0.1, 0.15) is 33.6 Å². The van der Waals surface area contributed by atoms with Crippen LogP contribution in [0.25, 0.3) is 10.2 Å². The lowest BCUT2D eigenvalue weighted by Crippen LogP contribution is -2.32. The summed E-state index contributed by atoms with van der Waals surface area (Å²) in [5.74, 6) is 0. The van der Waals surface area contributed by atoms with Gasteiger partial charge in [0.15, 0.2) is 5.13 Å². The number of nitrogens with zero attached hydrogens (tertiary/aromatic N) is 1. The Bertz CT molecular complexity index is 514. The van der Waals surface area contributed by atoms with Gasteiger partial charge in [0.2, 0.25) is 0 Å². The maximum atomic E-state index is 5.77. The molecule has 0 saturated heterocycles. The Labute approximate surface area is 106 Å². The van der Waals surface area contributed by atoms with Gasteiger partial charge in [-0.15, -0.1) is 0 Å². The molecular formula is C13H19N3S. The Morgan fingerprint density at radius 2 is 2.06 bits per heavy atom. The Morgan fingerprint density at radius 3 is 2.71 bits per heavy atom. The summed E-state index contributed by atoms with van der Waals surface area (Å²) in [5, 5.41) is 4.51. The maximum absolute atomic E-state index is 5.77. The van der Waals surface area contributed by atoms with E-state index in [1.807, 2.05) is 18.2 Å². The van der Waals surface area contributed by atoms with E-state index in [0.29, 0.717) is 0 Å². The number of nitrogen functional groups attached to an aromatic ring is 1. The second-order valence-corrected chi connectivity index (χ2v) is 5.67. The number of nitrogens with one attached hydrogen (secondary N) is 1. The molecule has 2 aromatic rings. The van der Waals surface area contributed by atoms with Gasteiger partial charge in [-0.2, -0.15) is 0 Å². The van der Waals surface area contributed by atoms with Crippen molar-refractivity contribution in [1.82, 2.24) is 4.98 Å². The molecule has 92 valence electrons. The zero-order valence-corrected chi connectivity index (χ0v) is 11.4. The van der Waals surface area contributed by atoms with Crippen molar-refractivity contribution in [2.75, 3.05) is 11.1 Å². The van der Waals surface area contributed by atoms with Crippen molar-refractivity contribution in [2.24, 2.45) is 0 Å². The number of nitrogens with two attached hydrogens (primary N) is 1. The van der Waals surface area contributed by atoms with Crippen LogP contribution in [0.4, 0.5) is 10.8 Å². The Balaban J connectivity index is 2.31. The molecule has 0 fully saturated rings. The highest BCUT2D eigenvalue weighted by Gasteiger charge is 2.20. The second-order valence-electron chi connectivity index (χ2n) is 4.64. The van der Waals surface area contributed by atoms with E-state index in [4.69, 9.17) is 5.73 Å². The molecule has 0 atom stereocenters. The molecule has 3 nitrogen and oxygen atoms in total. The molecule has 3 N–H and O–H groups in total. The largest absolute Gasteiger partial charge is 0.399 e. The second kappa shape index (κ2) is 4.53. The van der Waals surface area contributed by atoms with Crippen molar-refractivity contribution in [3.05, 3.63) is 18.2 Å². The summed E-state index contributed by atoms with van der Waals surface area (Å²) in [7, 11) is 0. The fourth-order valence-electron chi connectivity index (χ4n) is 1.68. The minimum Gasteiger partial charge on any atom is -0.399 e. The van der Waals surface area contributed by atoms with Gasteiger partial charge in [0.1, 0.15) is 0 Å². The smallest absolute Gasteiger partial charge is 0.184 e. The van der Waals surface area contributed by atoms with Crippen molar-refractivity contribution in [3.8, 4) is 0 Å². The number of rotatable bonds is 4.